The maximum Gasteiger partial charge on any atom is 0.326 e. The number of aliphatic carboxylic acids is 1. The van der Waals surface area contributed by atoms with Gasteiger partial charge in [-0.3, -0.25) is 4.79 Å². The molecular weight excluding hydrogens is 224 g/mol. The molecule has 1 saturated heterocycles. The van der Waals surface area contributed by atoms with E-state index < -0.39 is 17.6 Å². The van der Waals surface area contributed by atoms with E-state index in [1.165, 1.54) is 12.0 Å². The maximum absolute atomic E-state index is 12.0. The van der Waals surface area contributed by atoms with Crippen LogP contribution in [-0.2, 0) is 14.3 Å². The molecule has 98 valence electrons. The third-order valence-electron chi connectivity index (χ3n) is 2.81. The Kier molecular flexibility index (Phi) is 4.11. The van der Waals surface area contributed by atoms with Crippen molar-refractivity contribution < 1.29 is 19.4 Å². The van der Waals surface area contributed by atoms with Gasteiger partial charge in [-0.25, -0.2) is 4.79 Å². The first-order chi connectivity index (χ1) is 7.74. The van der Waals surface area contributed by atoms with Gasteiger partial charge in [-0.15, -0.1) is 0 Å². The van der Waals surface area contributed by atoms with Crippen molar-refractivity contribution in [2.24, 2.45) is 5.73 Å². The molecule has 1 aliphatic heterocycles. The highest BCUT2D eigenvalue weighted by molar-refractivity contribution is 5.85. The summed E-state index contributed by atoms with van der Waals surface area (Å²) in [6.07, 6.45) is 0.261. The molecule has 0 aliphatic carbocycles. The molecule has 0 spiro atoms. The summed E-state index contributed by atoms with van der Waals surface area (Å²) in [5.74, 6) is -1.22. The van der Waals surface area contributed by atoms with Crippen molar-refractivity contribution in [1.29, 1.82) is 0 Å². The fourth-order valence-corrected chi connectivity index (χ4v) is 1.97. The number of hydrogen-bond donors (Lipinski definition) is 2. The molecular formula is C11H20N2O4. The molecule has 1 fully saturated rings. The van der Waals surface area contributed by atoms with Crippen molar-refractivity contribution in [3.8, 4) is 0 Å². The van der Waals surface area contributed by atoms with E-state index in [-0.39, 0.29) is 18.4 Å². The number of methoxy groups -OCH3 is 1. The third-order valence-corrected chi connectivity index (χ3v) is 2.81. The van der Waals surface area contributed by atoms with Crippen LogP contribution in [0.3, 0.4) is 0 Å². The highest BCUT2D eigenvalue weighted by Crippen LogP contribution is 2.22. The SMILES string of the molecule is COC1CC(C(=O)O)N(C(=O)CC(C)(C)N)C1. The van der Waals surface area contributed by atoms with Gasteiger partial charge in [-0.1, -0.05) is 0 Å². The molecule has 2 atom stereocenters. The second kappa shape index (κ2) is 5.01. The number of nitrogens with two attached hydrogens (primary N) is 1. The molecule has 1 heterocycles. The lowest BCUT2D eigenvalue weighted by molar-refractivity contribution is -0.148. The van der Waals surface area contributed by atoms with Crippen LogP contribution in [0.5, 0.6) is 0 Å². The molecule has 0 aromatic carbocycles. The van der Waals surface area contributed by atoms with Crippen LogP contribution in [0.15, 0.2) is 0 Å². The van der Waals surface area contributed by atoms with Crippen LogP contribution < -0.4 is 5.73 Å². The molecule has 0 bridgehead atoms. The van der Waals surface area contributed by atoms with Gasteiger partial charge in [0.05, 0.1) is 6.10 Å². The van der Waals surface area contributed by atoms with Gasteiger partial charge in [-0.05, 0) is 13.8 Å². The second-order valence-electron chi connectivity index (χ2n) is 5.16. The quantitative estimate of drug-likeness (QED) is 0.715. The monoisotopic (exact) mass is 244 g/mol. The fraction of sp³-hybridized carbons (Fsp3) is 0.818. The molecule has 17 heavy (non-hydrogen) atoms. The number of carboxylic acid groups (broad SMARTS) is 1. The number of likely N-dealkylation sites (tertiary alicyclic amines) is 1. The Morgan fingerprint density at radius 1 is 1.53 bits per heavy atom. The van der Waals surface area contributed by atoms with Crippen molar-refractivity contribution in [3.05, 3.63) is 0 Å². The number of ether oxygens (including phenoxy) is 1. The highest BCUT2D eigenvalue weighted by atomic mass is 16.5. The Morgan fingerprint density at radius 2 is 2.12 bits per heavy atom. The summed E-state index contributed by atoms with van der Waals surface area (Å²) in [6.45, 7) is 3.80. The van der Waals surface area contributed by atoms with Gasteiger partial charge in [0.2, 0.25) is 5.91 Å². The van der Waals surface area contributed by atoms with E-state index in [4.69, 9.17) is 15.6 Å². The summed E-state index contributed by atoms with van der Waals surface area (Å²) in [7, 11) is 1.52. The predicted octanol–water partition coefficient (Wildman–Crippen LogP) is -0.186. The molecule has 2 unspecified atom stereocenters. The Morgan fingerprint density at radius 3 is 2.53 bits per heavy atom. The summed E-state index contributed by atoms with van der Waals surface area (Å²) < 4.78 is 5.11. The molecule has 1 amide bonds. The predicted molar refractivity (Wildman–Crippen MR) is 61.4 cm³/mol. The number of carbonyl (C=O) groups excluding carboxylic acids is 1. The minimum atomic E-state index is -0.993. The molecule has 6 heteroatoms. The Labute approximate surface area is 101 Å². The maximum atomic E-state index is 12.0. The van der Waals surface area contributed by atoms with Gasteiger partial charge in [0.25, 0.3) is 0 Å². The number of hydrogen-bond acceptors (Lipinski definition) is 4. The second-order valence-corrected chi connectivity index (χ2v) is 5.16. The first-order valence-corrected chi connectivity index (χ1v) is 5.58. The lowest BCUT2D eigenvalue weighted by atomic mass is 10.0. The molecule has 0 aromatic heterocycles. The summed E-state index contributed by atoms with van der Waals surface area (Å²) >= 11 is 0. The van der Waals surface area contributed by atoms with E-state index in [0.29, 0.717) is 13.0 Å². The lowest BCUT2D eigenvalue weighted by Gasteiger charge is -2.25. The fourth-order valence-electron chi connectivity index (χ4n) is 1.97. The zero-order valence-electron chi connectivity index (χ0n) is 10.5. The van der Waals surface area contributed by atoms with Gasteiger partial charge >= 0.3 is 5.97 Å². The van der Waals surface area contributed by atoms with Crippen LogP contribution in [0.2, 0.25) is 0 Å². The van der Waals surface area contributed by atoms with Gasteiger partial charge in [0.15, 0.2) is 0 Å². The van der Waals surface area contributed by atoms with E-state index in [2.05, 4.69) is 0 Å². The van der Waals surface area contributed by atoms with Crippen LogP contribution in [0, 0.1) is 0 Å². The topological polar surface area (TPSA) is 92.9 Å². The van der Waals surface area contributed by atoms with Crippen LogP contribution in [0.1, 0.15) is 26.7 Å². The van der Waals surface area contributed by atoms with E-state index in [9.17, 15) is 9.59 Å². The smallest absolute Gasteiger partial charge is 0.326 e. The molecule has 0 radical (unpaired) electrons. The third kappa shape index (κ3) is 3.67. The first kappa shape index (κ1) is 13.9. The van der Waals surface area contributed by atoms with Crippen LogP contribution in [0.4, 0.5) is 0 Å². The van der Waals surface area contributed by atoms with Crippen molar-refractivity contribution >= 4 is 11.9 Å². The zero-order chi connectivity index (χ0) is 13.2. The average molecular weight is 244 g/mol. The molecule has 1 rings (SSSR count). The van der Waals surface area contributed by atoms with E-state index in [1.807, 2.05) is 0 Å². The van der Waals surface area contributed by atoms with Gasteiger partial charge in [0.1, 0.15) is 6.04 Å². The number of amides is 1. The molecule has 0 aromatic rings. The largest absolute Gasteiger partial charge is 0.480 e. The normalized spacial score (nSPS) is 25.1. The Hall–Kier alpha value is -1.14. The Bertz CT molecular complexity index is 311. The standard InChI is InChI=1S/C11H20N2O4/c1-11(2,12)5-9(14)13-6-7(17-3)4-8(13)10(15)16/h7-8H,4-6,12H2,1-3H3,(H,15,16). The van der Waals surface area contributed by atoms with Crippen molar-refractivity contribution in [2.75, 3.05) is 13.7 Å². The van der Waals surface area contributed by atoms with E-state index >= 15 is 0 Å². The van der Waals surface area contributed by atoms with Gasteiger partial charge in [0, 0.05) is 32.0 Å². The van der Waals surface area contributed by atoms with Crippen molar-refractivity contribution in [1.82, 2.24) is 4.90 Å². The van der Waals surface area contributed by atoms with Crippen LogP contribution in [-0.4, -0.2) is 53.2 Å². The summed E-state index contributed by atoms with van der Waals surface area (Å²) in [5, 5.41) is 9.06. The van der Waals surface area contributed by atoms with Gasteiger partial charge in [-0.2, -0.15) is 0 Å². The van der Waals surface area contributed by atoms with Crippen molar-refractivity contribution in [2.45, 2.75) is 44.4 Å². The number of carbonyl (C=O) groups is 2. The van der Waals surface area contributed by atoms with E-state index in [0.717, 1.165) is 0 Å². The number of nitrogens with zero attached hydrogens (tertiary/aromatic N) is 1. The molecule has 0 saturated carbocycles. The summed E-state index contributed by atoms with van der Waals surface area (Å²) in [4.78, 5) is 24.4. The average Bonchev–Trinajstić information content (AvgIpc) is 2.58. The molecule has 3 N–H and O–H groups in total. The Balaban J connectivity index is 2.73. The van der Waals surface area contributed by atoms with Gasteiger partial charge < -0.3 is 20.5 Å². The number of rotatable bonds is 4. The van der Waals surface area contributed by atoms with Crippen LogP contribution in [0.25, 0.3) is 0 Å². The van der Waals surface area contributed by atoms with E-state index in [1.54, 1.807) is 13.8 Å². The summed E-state index contributed by atoms with van der Waals surface area (Å²) in [5.41, 5.74) is 5.13. The first-order valence-electron chi connectivity index (χ1n) is 5.58. The lowest BCUT2D eigenvalue weighted by Crippen LogP contribution is -2.45. The molecule has 1 aliphatic rings. The summed E-state index contributed by atoms with van der Waals surface area (Å²) in [6, 6.07) is -0.796. The zero-order valence-corrected chi connectivity index (χ0v) is 10.5. The minimum absolute atomic E-state index is 0.132. The number of carboxylic acids is 1. The van der Waals surface area contributed by atoms with Crippen LogP contribution >= 0.6 is 0 Å². The minimum Gasteiger partial charge on any atom is -0.480 e. The highest BCUT2D eigenvalue weighted by Gasteiger charge is 2.40. The van der Waals surface area contributed by atoms with Crippen molar-refractivity contribution in [3.63, 3.8) is 0 Å². The molecule has 6 nitrogen and oxygen atoms in total.